The topological polar surface area (TPSA) is 49.4 Å². The highest BCUT2D eigenvalue weighted by Crippen LogP contribution is 2.35. The lowest BCUT2D eigenvalue weighted by Gasteiger charge is -2.16. The molecule has 1 fully saturated rings. The summed E-state index contributed by atoms with van der Waals surface area (Å²) in [5.41, 5.74) is 1.70. The number of carbonyl (C=O) groups is 2. The van der Waals surface area contributed by atoms with Gasteiger partial charge in [-0.3, -0.25) is 9.59 Å². The van der Waals surface area contributed by atoms with Crippen LogP contribution in [0.2, 0.25) is 5.02 Å². The highest BCUT2D eigenvalue weighted by atomic mass is 35.5. The largest absolute Gasteiger partial charge is 0.338 e. The molecular weight excluding hydrogens is 368 g/mol. The molecule has 1 saturated heterocycles. The molecule has 6 heteroatoms. The highest BCUT2D eigenvalue weighted by molar-refractivity contribution is 7.21. The number of carbonyl (C=O) groups excluding carboxylic acids is 2. The molecule has 2 amide bonds. The van der Waals surface area contributed by atoms with Gasteiger partial charge in [-0.05, 0) is 30.2 Å². The summed E-state index contributed by atoms with van der Waals surface area (Å²) in [7, 11) is 0. The van der Waals surface area contributed by atoms with E-state index in [1.54, 1.807) is 0 Å². The molecule has 2 aromatic carbocycles. The molecule has 4 rings (SSSR count). The number of likely N-dealkylation sites (tertiary alicyclic amines) is 1. The molecular formula is C20H17ClN2O2S. The van der Waals surface area contributed by atoms with Crippen molar-refractivity contribution in [2.75, 3.05) is 11.9 Å². The molecule has 1 aromatic heterocycles. The summed E-state index contributed by atoms with van der Waals surface area (Å²) in [5.74, 6) is -0.0258. The van der Waals surface area contributed by atoms with E-state index < -0.39 is 0 Å². The minimum Gasteiger partial charge on any atom is -0.338 e. The second kappa shape index (κ2) is 7.09. The van der Waals surface area contributed by atoms with E-state index in [9.17, 15) is 9.59 Å². The van der Waals surface area contributed by atoms with E-state index in [-0.39, 0.29) is 11.8 Å². The SMILES string of the molecule is O=C(Nc1cccc(CN2CCCC2=O)c1)c1sc2ccccc2c1Cl. The van der Waals surface area contributed by atoms with Crippen LogP contribution in [0.5, 0.6) is 0 Å². The molecule has 0 aliphatic carbocycles. The molecule has 0 atom stereocenters. The molecule has 0 unspecified atom stereocenters. The van der Waals surface area contributed by atoms with Crippen molar-refractivity contribution in [3.8, 4) is 0 Å². The van der Waals surface area contributed by atoms with Gasteiger partial charge in [-0.15, -0.1) is 11.3 Å². The Morgan fingerprint density at radius 1 is 1.19 bits per heavy atom. The number of benzene rings is 2. The van der Waals surface area contributed by atoms with Gasteiger partial charge >= 0.3 is 0 Å². The number of nitrogens with one attached hydrogen (secondary N) is 1. The predicted molar refractivity (Wildman–Crippen MR) is 106 cm³/mol. The molecule has 1 aliphatic heterocycles. The number of rotatable bonds is 4. The van der Waals surface area contributed by atoms with Crippen LogP contribution in [0.1, 0.15) is 28.1 Å². The summed E-state index contributed by atoms with van der Waals surface area (Å²) in [6.07, 6.45) is 1.54. The molecule has 0 spiro atoms. The maximum absolute atomic E-state index is 12.7. The summed E-state index contributed by atoms with van der Waals surface area (Å²) in [4.78, 5) is 26.8. The van der Waals surface area contributed by atoms with E-state index in [4.69, 9.17) is 11.6 Å². The fourth-order valence-corrected chi connectivity index (χ4v) is 4.60. The van der Waals surface area contributed by atoms with Crippen LogP contribution in [0.25, 0.3) is 10.1 Å². The number of amides is 2. The van der Waals surface area contributed by atoms with Gasteiger partial charge in [-0.2, -0.15) is 0 Å². The van der Waals surface area contributed by atoms with Gasteiger partial charge in [-0.25, -0.2) is 0 Å². The zero-order chi connectivity index (χ0) is 18.1. The van der Waals surface area contributed by atoms with E-state index in [2.05, 4.69) is 5.32 Å². The summed E-state index contributed by atoms with van der Waals surface area (Å²) in [6.45, 7) is 1.37. The number of nitrogens with zero attached hydrogens (tertiary/aromatic N) is 1. The average molecular weight is 385 g/mol. The van der Waals surface area contributed by atoms with Crippen molar-refractivity contribution in [2.45, 2.75) is 19.4 Å². The van der Waals surface area contributed by atoms with Gasteiger partial charge in [0.05, 0.1) is 5.02 Å². The number of hydrogen-bond donors (Lipinski definition) is 1. The first-order chi connectivity index (χ1) is 12.6. The highest BCUT2D eigenvalue weighted by Gasteiger charge is 2.20. The smallest absolute Gasteiger partial charge is 0.267 e. The minimum absolute atomic E-state index is 0.191. The van der Waals surface area contributed by atoms with Crippen LogP contribution in [0.3, 0.4) is 0 Å². The summed E-state index contributed by atoms with van der Waals surface area (Å²) < 4.78 is 0.990. The van der Waals surface area contributed by atoms with E-state index in [1.165, 1.54) is 11.3 Å². The molecule has 26 heavy (non-hydrogen) atoms. The van der Waals surface area contributed by atoms with Gasteiger partial charge in [0.2, 0.25) is 5.91 Å². The number of halogens is 1. The monoisotopic (exact) mass is 384 g/mol. The van der Waals surface area contributed by atoms with Gasteiger partial charge in [0.15, 0.2) is 0 Å². The molecule has 132 valence electrons. The van der Waals surface area contributed by atoms with Crippen LogP contribution in [0.15, 0.2) is 48.5 Å². The quantitative estimate of drug-likeness (QED) is 0.693. The van der Waals surface area contributed by atoms with Crippen molar-refractivity contribution in [3.63, 3.8) is 0 Å². The molecule has 0 bridgehead atoms. The first-order valence-electron chi connectivity index (χ1n) is 8.47. The lowest BCUT2D eigenvalue weighted by Crippen LogP contribution is -2.23. The van der Waals surface area contributed by atoms with Crippen LogP contribution in [-0.2, 0) is 11.3 Å². The van der Waals surface area contributed by atoms with Crippen molar-refractivity contribution < 1.29 is 9.59 Å². The lowest BCUT2D eigenvalue weighted by atomic mass is 10.2. The number of hydrogen-bond acceptors (Lipinski definition) is 3. The maximum atomic E-state index is 12.7. The van der Waals surface area contributed by atoms with Gasteiger partial charge in [-0.1, -0.05) is 41.9 Å². The van der Waals surface area contributed by atoms with Crippen LogP contribution < -0.4 is 5.32 Å². The Morgan fingerprint density at radius 3 is 2.81 bits per heavy atom. The third-order valence-electron chi connectivity index (χ3n) is 4.47. The minimum atomic E-state index is -0.217. The first kappa shape index (κ1) is 17.1. The number of fused-ring (bicyclic) bond motifs is 1. The van der Waals surface area contributed by atoms with E-state index in [1.807, 2.05) is 53.4 Å². The number of thiophene rings is 1. The lowest BCUT2D eigenvalue weighted by molar-refractivity contribution is -0.128. The van der Waals surface area contributed by atoms with Crippen LogP contribution >= 0.6 is 22.9 Å². The molecule has 3 aromatic rings. The molecule has 1 aliphatic rings. The van der Waals surface area contributed by atoms with Crippen LogP contribution in [0, 0.1) is 0 Å². The van der Waals surface area contributed by atoms with E-state index in [0.717, 1.165) is 28.6 Å². The predicted octanol–water partition coefficient (Wildman–Crippen LogP) is 4.93. The molecule has 1 N–H and O–H groups in total. The van der Waals surface area contributed by atoms with Gasteiger partial charge in [0.1, 0.15) is 4.88 Å². The Labute approximate surface area is 160 Å². The molecule has 0 radical (unpaired) electrons. The van der Waals surface area contributed by atoms with Crippen molar-refractivity contribution in [2.24, 2.45) is 0 Å². The molecule has 4 nitrogen and oxygen atoms in total. The standard InChI is InChI=1S/C20H17ClN2O2S/c21-18-15-7-1-2-8-16(15)26-19(18)20(25)22-14-6-3-5-13(11-14)12-23-10-4-9-17(23)24/h1-3,5-8,11H,4,9-10,12H2,(H,22,25). The molecule has 2 heterocycles. The summed E-state index contributed by atoms with van der Waals surface area (Å²) in [6, 6.07) is 15.3. The summed E-state index contributed by atoms with van der Waals surface area (Å²) in [5, 5.41) is 4.30. The Kier molecular flexibility index (Phi) is 4.66. The van der Waals surface area contributed by atoms with Gasteiger partial charge < -0.3 is 10.2 Å². The van der Waals surface area contributed by atoms with Crippen LogP contribution in [-0.4, -0.2) is 23.3 Å². The van der Waals surface area contributed by atoms with E-state index >= 15 is 0 Å². The summed E-state index contributed by atoms with van der Waals surface area (Å²) >= 11 is 7.77. The zero-order valence-electron chi connectivity index (χ0n) is 14.0. The van der Waals surface area contributed by atoms with Crippen molar-refractivity contribution in [1.29, 1.82) is 0 Å². The van der Waals surface area contributed by atoms with Crippen molar-refractivity contribution in [3.05, 3.63) is 64.0 Å². The van der Waals surface area contributed by atoms with Gasteiger partial charge in [0, 0.05) is 35.3 Å². The maximum Gasteiger partial charge on any atom is 0.267 e. The number of anilines is 1. The second-order valence-electron chi connectivity index (χ2n) is 6.31. The fraction of sp³-hybridized carbons (Fsp3) is 0.200. The van der Waals surface area contributed by atoms with Gasteiger partial charge in [0.25, 0.3) is 5.91 Å². The Hall–Kier alpha value is -2.37. The normalized spacial score (nSPS) is 14.2. The average Bonchev–Trinajstić information content (AvgIpc) is 3.19. The Balaban J connectivity index is 1.53. The van der Waals surface area contributed by atoms with E-state index in [0.29, 0.717) is 28.6 Å². The van der Waals surface area contributed by atoms with Crippen molar-refractivity contribution >= 4 is 50.5 Å². The second-order valence-corrected chi connectivity index (χ2v) is 7.74. The van der Waals surface area contributed by atoms with Crippen LogP contribution in [0.4, 0.5) is 5.69 Å². The third-order valence-corrected chi connectivity index (χ3v) is 6.14. The van der Waals surface area contributed by atoms with Crippen molar-refractivity contribution in [1.82, 2.24) is 4.90 Å². The first-order valence-corrected chi connectivity index (χ1v) is 9.66. The Bertz CT molecular complexity index is 998. The Morgan fingerprint density at radius 2 is 2.04 bits per heavy atom. The zero-order valence-corrected chi connectivity index (χ0v) is 15.6. The molecule has 0 saturated carbocycles. The fourth-order valence-electron chi connectivity index (χ4n) is 3.19. The third kappa shape index (κ3) is 3.32.